The summed E-state index contributed by atoms with van der Waals surface area (Å²) in [7, 11) is 0. The van der Waals surface area contributed by atoms with E-state index in [1.165, 1.54) is 23.6 Å². The molecule has 1 fully saturated rings. The first-order valence-corrected chi connectivity index (χ1v) is 14.1. The lowest BCUT2D eigenvalue weighted by molar-refractivity contribution is -0.129. The number of benzene rings is 2. The van der Waals surface area contributed by atoms with Crippen molar-refractivity contribution in [1.82, 2.24) is 24.6 Å². The van der Waals surface area contributed by atoms with Gasteiger partial charge in [-0.25, -0.2) is 0 Å². The van der Waals surface area contributed by atoms with Gasteiger partial charge in [0.25, 0.3) is 5.91 Å². The van der Waals surface area contributed by atoms with Gasteiger partial charge in [-0.05, 0) is 42.2 Å². The molecule has 8 nitrogen and oxygen atoms in total. The number of amides is 2. The third-order valence-corrected chi connectivity index (χ3v) is 7.82. The van der Waals surface area contributed by atoms with Gasteiger partial charge < -0.3 is 14.2 Å². The minimum Gasteiger partial charge on any atom is -0.459 e. The summed E-state index contributed by atoms with van der Waals surface area (Å²) in [5.41, 5.74) is 4.38. The predicted molar refractivity (Wildman–Crippen MR) is 152 cm³/mol. The maximum Gasteiger partial charge on any atom is 0.289 e. The van der Waals surface area contributed by atoms with E-state index in [-0.39, 0.29) is 23.0 Å². The van der Waals surface area contributed by atoms with Gasteiger partial charge in [0, 0.05) is 37.4 Å². The Morgan fingerprint density at radius 1 is 0.897 bits per heavy atom. The van der Waals surface area contributed by atoms with E-state index in [1.54, 1.807) is 21.9 Å². The summed E-state index contributed by atoms with van der Waals surface area (Å²) in [5, 5.41) is 9.68. The lowest BCUT2D eigenvalue weighted by Gasteiger charge is -2.34. The maximum absolute atomic E-state index is 13.1. The molecule has 2 aromatic heterocycles. The highest BCUT2D eigenvalue weighted by Gasteiger charge is 2.27. The molecule has 0 spiro atoms. The van der Waals surface area contributed by atoms with Crippen molar-refractivity contribution in [2.75, 3.05) is 31.9 Å². The molecule has 1 aliphatic rings. The van der Waals surface area contributed by atoms with E-state index < -0.39 is 0 Å². The zero-order valence-electron chi connectivity index (χ0n) is 22.8. The fraction of sp³-hybridized carbons (Fsp3) is 0.333. The second-order valence-electron chi connectivity index (χ2n) is 10.7. The van der Waals surface area contributed by atoms with Gasteiger partial charge in [0.05, 0.1) is 12.0 Å². The van der Waals surface area contributed by atoms with Crippen LogP contribution in [0.3, 0.4) is 0 Å². The molecule has 0 aliphatic carbocycles. The fourth-order valence-electron chi connectivity index (χ4n) is 4.53. The van der Waals surface area contributed by atoms with Crippen molar-refractivity contribution in [1.29, 1.82) is 0 Å². The molecule has 5 rings (SSSR count). The molecular weight excluding hydrogens is 510 g/mol. The molecule has 1 aliphatic heterocycles. The quantitative estimate of drug-likeness (QED) is 0.311. The van der Waals surface area contributed by atoms with Crippen LogP contribution >= 0.6 is 11.8 Å². The van der Waals surface area contributed by atoms with E-state index in [1.807, 2.05) is 16.7 Å². The minimum atomic E-state index is -0.143. The van der Waals surface area contributed by atoms with Crippen molar-refractivity contribution < 1.29 is 14.0 Å². The van der Waals surface area contributed by atoms with Gasteiger partial charge in [-0.15, -0.1) is 10.2 Å². The van der Waals surface area contributed by atoms with E-state index in [0.29, 0.717) is 37.1 Å². The Hall–Kier alpha value is -3.85. The summed E-state index contributed by atoms with van der Waals surface area (Å²) < 4.78 is 7.25. The molecule has 0 unspecified atom stereocenters. The average Bonchev–Trinajstić information content (AvgIpc) is 3.62. The second kappa shape index (κ2) is 11.1. The Balaban J connectivity index is 1.30. The SMILES string of the molecule is Cc1ccc(-n2c(SCC(=O)N3CCN(C(=O)c4ccco4)CC3)nnc2-c2ccc(C(C)(C)C)cc2)cc1. The lowest BCUT2D eigenvalue weighted by Crippen LogP contribution is -2.51. The number of thioether (sulfide) groups is 1. The third-order valence-electron chi connectivity index (χ3n) is 6.91. The van der Waals surface area contributed by atoms with E-state index in [2.05, 4.69) is 74.3 Å². The largest absolute Gasteiger partial charge is 0.459 e. The second-order valence-corrected chi connectivity index (χ2v) is 11.7. The molecule has 0 atom stereocenters. The number of aromatic nitrogens is 3. The number of hydrogen-bond acceptors (Lipinski definition) is 6. The van der Waals surface area contributed by atoms with Crippen LogP contribution in [-0.2, 0) is 10.2 Å². The van der Waals surface area contributed by atoms with Crippen molar-refractivity contribution >= 4 is 23.6 Å². The summed E-state index contributed by atoms with van der Waals surface area (Å²) >= 11 is 1.38. The van der Waals surface area contributed by atoms with Gasteiger partial charge >= 0.3 is 0 Å². The summed E-state index contributed by atoms with van der Waals surface area (Å²) in [6, 6.07) is 20.0. The first-order valence-electron chi connectivity index (χ1n) is 13.1. The first-order chi connectivity index (χ1) is 18.7. The number of aryl methyl sites for hydroxylation is 1. The van der Waals surface area contributed by atoms with E-state index in [9.17, 15) is 9.59 Å². The Labute approximate surface area is 233 Å². The molecular formula is C30H33N5O3S. The smallest absolute Gasteiger partial charge is 0.289 e. The van der Waals surface area contributed by atoms with Crippen molar-refractivity contribution in [2.45, 2.75) is 38.3 Å². The molecule has 4 aromatic rings. The third kappa shape index (κ3) is 5.93. The lowest BCUT2D eigenvalue weighted by atomic mass is 9.87. The highest BCUT2D eigenvalue weighted by molar-refractivity contribution is 7.99. The average molecular weight is 544 g/mol. The van der Waals surface area contributed by atoms with Crippen molar-refractivity contribution in [3.63, 3.8) is 0 Å². The normalized spacial score (nSPS) is 14.1. The van der Waals surface area contributed by atoms with Gasteiger partial charge in [-0.2, -0.15) is 0 Å². The van der Waals surface area contributed by atoms with E-state index in [4.69, 9.17) is 4.42 Å². The van der Waals surface area contributed by atoms with Crippen molar-refractivity contribution in [3.05, 3.63) is 83.8 Å². The maximum atomic E-state index is 13.1. The fourth-order valence-corrected chi connectivity index (χ4v) is 5.38. The van der Waals surface area contributed by atoms with Gasteiger partial charge in [0.1, 0.15) is 0 Å². The molecule has 0 radical (unpaired) electrons. The Bertz CT molecular complexity index is 1430. The van der Waals surface area contributed by atoms with Gasteiger partial charge in [0.2, 0.25) is 5.91 Å². The number of carbonyl (C=O) groups is 2. The van der Waals surface area contributed by atoms with E-state index >= 15 is 0 Å². The van der Waals surface area contributed by atoms with Crippen LogP contribution in [0.25, 0.3) is 17.1 Å². The predicted octanol–water partition coefficient (Wildman–Crippen LogP) is 5.21. The molecule has 1 saturated heterocycles. The van der Waals surface area contributed by atoms with Gasteiger partial charge in [-0.3, -0.25) is 14.2 Å². The molecule has 2 amide bonds. The van der Waals surface area contributed by atoms with Crippen LogP contribution in [-0.4, -0.2) is 68.3 Å². The molecule has 39 heavy (non-hydrogen) atoms. The highest BCUT2D eigenvalue weighted by Crippen LogP contribution is 2.30. The molecule has 2 aromatic carbocycles. The Kier molecular flexibility index (Phi) is 7.61. The number of carbonyl (C=O) groups excluding carboxylic acids is 2. The van der Waals surface area contributed by atoms with Crippen LogP contribution in [0, 0.1) is 6.92 Å². The molecule has 0 bridgehead atoms. The van der Waals surface area contributed by atoms with Crippen molar-refractivity contribution in [2.24, 2.45) is 0 Å². The molecule has 3 heterocycles. The first kappa shape index (κ1) is 26.7. The zero-order chi connectivity index (χ0) is 27.6. The highest BCUT2D eigenvalue weighted by atomic mass is 32.2. The van der Waals surface area contributed by atoms with Gasteiger partial charge in [0.15, 0.2) is 16.7 Å². The summed E-state index contributed by atoms with van der Waals surface area (Å²) in [5.74, 6) is 1.17. The van der Waals surface area contributed by atoms with Crippen LogP contribution in [0.4, 0.5) is 0 Å². The van der Waals surface area contributed by atoms with Crippen LogP contribution in [0.1, 0.15) is 42.5 Å². The van der Waals surface area contributed by atoms with Crippen LogP contribution < -0.4 is 0 Å². The molecule has 0 N–H and O–H groups in total. The summed E-state index contributed by atoms with van der Waals surface area (Å²) in [4.78, 5) is 29.2. The Morgan fingerprint density at radius 2 is 1.56 bits per heavy atom. The van der Waals surface area contributed by atoms with Crippen LogP contribution in [0.5, 0.6) is 0 Å². The molecule has 9 heteroatoms. The van der Waals surface area contributed by atoms with Crippen LogP contribution in [0.2, 0.25) is 0 Å². The monoisotopic (exact) mass is 543 g/mol. The number of rotatable bonds is 6. The molecule has 202 valence electrons. The number of hydrogen-bond donors (Lipinski definition) is 0. The number of piperazine rings is 1. The van der Waals surface area contributed by atoms with Gasteiger partial charge in [-0.1, -0.05) is 74.5 Å². The number of furan rings is 1. The van der Waals surface area contributed by atoms with Crippen molar-refractivity contribution in [3.8, 4) is 17.1 Å². The zero-order valence-corrected chi connectivity index (χ0v) is 23.6. The van der Waals surface area contributed by atoms with E-state index in [0.717, 1.165) is 22.6 Å². The molecule has 0 saturated carbocycles. The topological polar surface area (TPSA) is 84.5 Å². The summed E-state index contributed by atoms with van der Waals surface area (Å²) in [6.07, 6.45) is 1.49. The standard InChI is InChI=1S/C30H33N5O3S/c1-21-7-13-24(14-8-21)35-27(22-9-11-23(12-10-22)30(2,3)4)31-32-29(35)39-20-26(36)33-15-17-34(18-16-33)28(37)25-6-5-19-38-25/h5-14,19H,15-18,20H2,1-4H3. The number of nitrogens with zero attached hydrogens (tertiary/aromatic N) is 5. The summed E-state index contributed by atoms with van der Waals surface area (Å²) in [6.45, 7) is 10.6. The van der Waals surface area contributed by atoms with Crippen LogP contribution in [0.15, 0.2) is 76.5 Å². The minimum absolute atomic E-state index is 0.0135. The Morgan fingerprint density at radius 3 is 2.18 bits per heavy atom.